The third kappa shape index (κ3) is 3.61. The lowest BCUT2D eigenvalue weighted by molar-refractivity contribution is 0.0995. The molecule has 0 unspecified atom stereocenters. The molecule has 2 aromatic carbocycles. The summed E-state index contributed by atoms with van der Waals surface area (Å²) in [5.41, 5.74) is 6.41. The number of rotatable bonds is 4. The minimum atomic E-state index is -0.550. The van der Waals surface area contributed by atoms with Crippen LogP contribution in [0.1, 0.15) is 20.7 Å². The van der Waals surface area contributed by atoms with Crippen molar-refractivity contribution in [1.29, 1.82) is 0 Å². The number of nitrogens with one attached hydrogen (secondary N) is 1. The molecule has 2 rings (SSSR count). The van der Waals surface area contributed by atoms with Crippen LogP contribution in [0.15, 0.2) is 46.9 Å². The van der Waals surface area contributed by atoms with Gasteiger partial charge >= 0.3 is 0 Å². The Bertz CT molecular complexity index is 701. The minimum absolute atomic E-state index is 0.328. The lowest BCUT2D eigenvalue weighted by Gasteiger charge is -2.10. The van der Waals surface area contributed by atoms with Crippen LogP contribution in [0, 0.1) is 0 Å². The summed E-state index contributed by atoms with van der Waals surface area (Å²) in [5, 5.41) is 2.71. The van der Waals surface area contributed by atoms with E-state index in [-0.39, 0.29) is 5.91 Å². The molecular weight excluding hydrogens is 336 g/mol. The van der Waals surface area contributed by atoms with Crippen molar-refractivity contribution in [3.63, 3.8) is 0 Å². The predicted octanol–water partition coefficient (Wildman–Crippen LogP) is 2.81. The quantitative estimate of drug-likeness (QED) is 0.891. The van der Waals surface area contributed by atoms with E-state index in [1.807, 2.05) is 0 Å². The second-order valence-corrected chi connectivity index (χ2v) is 5.16. The fourth-order valence-electron chi connectivity index (χ4n) is 1.81. The zero-order valence-corrected chi connectivity index (χ0v) is 12.8. The van der Waals surface area contributed by atoms with Crippen LogP contribution in [0.4, 0.5) is 5.69 Å². The molecule has 0 spiro atoms. The fraction of sp³-hybridized carbons (Fsp3) is 0.0667. The zero-order chi connectivity index (χ0) is 15.4. The number of primary amides is 1. The molecule has 0 atom stereocenters. The van der Waals surface area contributed by atoms with Crippen LogP contribution in [-0.4, -0.2) is 18.9 Å². The highest BCUT2D eigenvalue weighted by molar-refractivity contribution is 9.10. The molecule has 6 heteroatoms. The first-order valence-corrected chi connectivity index (χ1v) is 6.85. The molecule has 0 aliphatic rings. The second-order valence-electron chi connectivity index (χ2n) is 4.24. The number of methoxy groups -OCH3 is 1. The largest absolute Gasteiger partial charge is 0.496 e. The van der Waals surface area contributed by atoms with Gasteiger partial charge < -0.3 is 15.8 Å². The van der Waals surface area contributed by atoms with Gasteiger partial charge in [0.25, 0.3) is 5.91 Å². The number of halogens is 1. The average Bonchev–Trinajstić information content (AvgIpc) is 2.47. The molecule has 0 aliphatic carbocycles. The van der Waals surface area contributed by atoms with Crippen molar-refractivity contribution < 1.29 is 14.3 Å². The summed E-state index contributed by atoms with van der Waals surface area (Å²) in [7, 11) is 1.49. The molecule has 5 nitrogen and oxygen atoms in total. The summed E-state index contributed by atoms with van der Waals surface area (Å²) < 4.78 is 5.93. The van der Waals surface area contributed by atoms with Gasteiger partial charge in [0.05, 0.1) is 12.7 Å². The van der Waals surface area contributed by atoms with Crippen molar-refractivity contribution in [3.05, 3.63) is 58.1 Å². The summed E-state index contributed by atoms with van der Waals surface area (Å²) in [6.45, 7) is 0. The lowest BCUT2D eigenvalue weighted by atomic mass is 10.1. The summed E-state index contributed by atoms with van der Waals surface area (Å²) in [6, 6.07) is 11.6. The highest BCUT2D eigenvalue weighted by atomic mass is 79.9. The Morgan fingerprint density at radius 3 is 2.62 bits per heavy atom. The first-order chi connectivity index (χ1) is 10.0. The molecule has 2 aromatic rings. The van der Waals surface area contributed by atoms with Crippen LogP contribution in [-0.2, 0) is 0 Å². The van der Waals surface area contributed by atoms with Crippen LogP contribution >= 0.6 is 15.9 Å². The zero-order valence-electron chi connectivity index (χ0n) is 11.2. The molecule has 2 amide bonds. The van der Waals surface area contributed by atoms with E-state index in [1.54, 1.807) is 36.4 Å². The summed E-state index contributed by atoms with van der Waals surface area (Å²) >= 11 is 3.31. The number of anilines is 1. The Balaban J connectivity index is 2.28. The number of hydrogen-bond donors (Lipinski definition) is 2. The maximum Gasteiger partial charge on any atom is 0.259 e. The van der Waals surface area contributed by atoms with Crippen LogP contribution < -0.4 is 15.8 Å². The van der Waals surface area contributed by atoms with Gasteiger partial charge in [-0.05, 0) is 36.4 Å². The SMILES string of the molecule is COc1ccc(Br)cc1C(=O)Nc1cccc(C(N)=O)c1. The van der Waals surface area contributed by atoms with Gasteiger partial charge in [0.1, 0.15) is 5.75 Å². The monoisotopic (exact) mass is 348 g/mol. The summed E-state index contributed by atoms with van der Waals surface area (Å²) in [4.78, 5) is 23.4. The molecule has 0 saturated heterocycles. The Kier molecular flexibility index (Phi) is 4.59. The normalized spacial score (nSPS) is 10.0. The van der Waals surface area contributed by atoms with Gasteiger partial charge in [0.2, 0.25) is 5.91 Å². The molecule has 21 heavy (non-hydrogen) atoms. The molecule has 0 aliphatic heterocycles. The van der Waals surface area contributed by atoms with Crippen molar-refractivity contribution in [1.82, 2.24) is 0 Å². The standard InChI is InChI=1S/C15H13BrN2O3/c1-21-13-6-5-10(16)8-12(13)15(20)18-11-4-2-3-9(7-11)14(17)19/h2-8H,1H3,(H2,17,19)(H,18,20). The van der Waals surface area contributed by atoms with Gasteiger partial charge in [-0.25, -0.2) is 0 Å². The van der Waals surface area contributed by atoms with Gasteiger partial charge in [0, 0.05) is 15.7 Å². The first-order valence-electron chi connectivity index (χ1n) is 6.06. The second kappa shape index (κ2) is 6.41. The van der Waals surface area contributed by atoms with Crippen LogP contribution in [0.3, 0.4) is 0 Å². The van der Waals surface area contributed by atoms with Gasteiger partial charge in [-0.2, -0.15) is 0 Å². The third-order valence-electron chi connectivity index (χ3n) is 2.81. The Labute approximate surface area is 130 Å². The Morgan fingerprint density at radius 2 is 1.95 bits per heavy atom. The number of carbonyl (C=O) groups is 2. The number of benzene rings is 2. The smallest absolute Gasteiger partial charge is 0.259 e. The van der Waals surface area contributed by atoms with E-state index in [2.05, 4.69) is 21.2 Å². The number of amides is 2. The number of carbonyl (C=O) groups excluding carboxylic acids is 2. The van der Waals surface area contributed by atoms with Crippen molar-refractivity contribution in [2.24, 2.45) is 5.73 Å². The lowest BCUT2D eigenvalue weighted by Crippen LogP contribution is -2.15. The van der Waals surface area contributed by atoms with Gasteiger partial charge in [-0.15, -0.1) is 0 Å². The predicted molar refractivity (Wildman–Crippen MR) is 83.6 cm³/mol. The maximum atomic E-state index is 12.3. The molecule has 0 bridgehead atoms. The molecule has 3 N–H and O–H groups in total. The topological polar surface area (TPSA) is 81.4 Å². The molecule has 0 aromatic heterocycles. The average molecular weight is 349 g/mol. The third-order valence-corrected chi connectivity index (χ3v) is 3.30. The van der Waals surface area contributed by atoms with Crippen LogP contribution in [0.2, 0.25) is 0 Å². The van der Waals surface area contributed by atoms with E-state index in [0.717, 1.165) is 4.47 Å². The van der Waals surface area contributed by atoms with E-state index in [1.165, 1.54) is 13.2 Å². The molecule has 0 fully saturated rings. The molecule has 0 heterocycles. The van der Waals surface area contributed by atoms with E-state index in [4.69, 9.17) is 10.5 Å². The van der Waals surface area contributed by atoms with Gasteiger partial charge in [0.15, 0.2) is 0 Å². The van der Waals surface area contributed by atoms with Crippen molar-refractivity contribution >= 4 is 33.4 Å². The van der Waals surface area contributed by atoms with E-state index >= 15 is 0 Å². The van der Waals surface area contributed by atoms with Crippen molar-refractivity contribution in [3.8, 4) is 5.75 Å². The van der Waals surface area contributed by atoms with Gasteiger partial charge in [-0.3, -0.25) is 9.59 Å². The number of hydrogen-bond acceptors (Lipinski definition) is 3. The summed E-state index contributed by atoms with van der Waals surface area (Å²) in [5.74, 6) is -0.428. The minimum Gasteiger partial charge on any atom is -0.496 e. The molecule has 0 radical (unpaired) electrons. The molecule has 0 saturated carbocycles. The summed E-state index contributed by atoms with van der Waals surface area (Å²) in [6.07, 6.45) is 0. The fourth-order valence-corrected chi connectivity index (χ4v) is 2.17. The van der Waals surface area contributed by atoms with E-state index in [9.17, 15) is 9.59 Å². The maximum absolute atomic E-state index is 12.3. The number of nitrogens with two attached hydrogens (primary N) is 1. The van der Waals surface area contributed by atoms with Crippen LogP contribution in [0.5, 0.6) is 5.75 Å². The highest BCUT2D eigenvalue weighted by Crippen LogP contribution is 2.24. The van der Waals surface area contributed by atoms with Crippen molar-refractivity contribution in [2.45, 2.75) is 0 Å². The highest BCUT2D eigenvalue weighted by Gasteiger charge is 2.13. The van der Waals surface area contributed by atoms with Crippen LogP contribution in [0.25, 0.3) is 0 Å². The van der Waals surface area contributed by atoms with E-state index < -0.39 is 5.91 Å². The molecule has 108 valence electrons. The Morgan fingerprint density at radius 1 is 1.19 bits per heavy atom. The van der Waals surface area contributed by atoms with Crippen molar-refractivity contribution in [2.75, 3.05) is 12.4 Å². The molecular formula is C15H13BrN2O3. The first kappa shape index (κ1) is 15.1. The van der Waals surface area contributed by atoms with E-state index in [0.29, 0.717) is 22.6 Å². The van der Waals surface area contributed by atoms with Gasteiger partial charge in [-0.1, -0.05) is 22.0 Å². The number of ether oxygens (including phenoxy) is 1. The Hall–Kier alpha value is -2.34.